The molecule has 0 aliphatic carbocycles. The van der Waals surface area contributed by atoms with Crippen molar-refractivity contribution < 1.29 is 22.7 Å². The number of nitrogens with one attached hydrogen (secondary N) is 1. The molecule has 1 aliphatic heterocycles. The number of carbonyl (C=O) groups is 2. The third-order valence-corrected chi connectivity index (χ3v) is 7.33. The van der Waals surface area contributed by atoms with Crippen LogP contribution in [0.15, 0.2) is 47.4 Å². The third kappa shape index (κ3) is 5.32. The number of aryl methyl sites for hydroxylation is 2. The van der Waals surface area contributed by atoms with Gasteiger partial charge >= 0.3 is 5.97 Å². The minimum atomic E-state index is -3.68. The zero-order valence-corrected chi connectivity index (χ0v) is 18.9. The number of amides is 1. The van der Waals surface area contributed by atoms with E-state index in [9.17, 15) is 18.0 Å². The zero-order valence-electron chi connectivity index (χ0n) is 18.1. The first kappa shape index (κ1) is 23.0. The number of sulfonamides is 1. The largest absolute Gasteiger partial charge is 0.449 e. The van der Waals surface area contributed by atoms with E-state index in [1.165, 1.54) is 23.4 Å². The highest BCUT2D eigenvalue weighted by atomic mass is 32.2. The molecular weight excluding hydrogens is 416 g/mol. The SMILES string of the molecule is Cc1ccccc1NC(=O)[C@@H](C)OC(=O)c1cc(S(=O)(=O)N2CCCCC2)ccc1C. The van der Waals surface area contributed by atoms with Crippen LogP contribution in [0, 0.1) is 13.8 Å². The molecule has 1 saturated heterocycles. The Kier molecular flexibility index (Phi) is 7.12. The molecule has 8 heteroatoms. The predicted molar refractivity (Wildman–Crippen MR) is 118 cm³/mol. The summed E-state index contributed by atoms with van der Waals surface area (Å²) in [7, 11) is -3.68. The van der Waals surface area contributed by atoms with Crippen LogP contribution in [0.4, 0.5) is 5.69 Å². The fourth-order valence-corrected chi connectivity index (χ4v) is 5.00. The molecule has 0 unspecified atom stereocenters. The summed E-state index contributed by atoms with van der Waals surface area (Å²) in [6, 6.07) is 11.7. The molecular formula is C23H28N2O5S. The number of piperidine rings is 1. The standard InChI is InChI=1S/C23H28N2O5S/c1-16-11-12-19(31(28,29)25-13-7-4-8-14-25)15-20(16)23(27)30-18(3)22(26)24-21-10-6-5-9-17(21)2/h5-6,9-12,15,18H,4,7-8,13-14H2,1-3H3,(H,24,26)/t18-/m1/s1. The van der Waals surface area contributed by atoms with Gasteiger partial charge in [0.25, 0.3) is 5.91 Å². The van der Waals surface area contributed by atoms with Gasteiger partial charge < -0.3 is 10.1 Å². The molecule has 3 rings (SSSR count). The van der Waals surface area contributed by atoms with E-state index in [4.69, 9.17) is 4.74 Å². The quantitative estimate of drug-likeness (QED) is 0.687. The maximum atomic E-state index is 12.9. The lowest BCUT2D eigenvalue weighted by molar-refractivity contribution is -0.123. The molecule has 2 aromatic carbocycles. The number of esters is 1. The Morgan fingerprint density at radius 3 is 2.35 bits per heavy atom. The van der Waals surface area contributed by atoms with Crippen molar-refractivity contribution in [1.29, 1.82) is 0 Å². The molecule has 0 saturated carbocycles. The molecule has 0 aromatic heterocycles. The van der Waals surface area contributed by atoms with Crippen molar-refractivity contribution in [1.82, 2.24) is 4.31 Å². The van der Waals surface area contributed by atoms with Crippen LogP contribution in [0.3, 0.4) is 0 Å². The minimum Gasteiger partial charge on any atom is -0.449 e. The van der Waals surface area contributed by atoms with Crippen LogP contribution >= 0.6 is 0 Å². The van der Waals surface area contributed by atoms with E-state index in [1.54, 1.807) is 25.1 Å². The Balaban J connectivity index is 1.74. The van der Waals surface area contributed by atoms with E-state index in [-0.39, 0.29) is 10.5 Å². The van der Waals surface area contributed by atoms with Crippen LogP contribution in [0.25, 0.3) is 0 Å². The summed E-state index contributed by atoms with van der Waals surface area (Å²) in [5, 5.41) is 2.74. The molecule has 1 fully saturated rings. The molecule has 1 aliphatic rings. The van der Waals surface area contributed by atoms with Crippen LogP contribution in [-0.2, 0) is 19.6 Å². The van der Waals surface area contributed by atoms with E-state index < -0.39 is 28.0 Å². The summed E-state index contributed by atoms with van der Waals surface area (Å²) in [4.78, 5) is 25.3. The zero-order chi connectivity index (χ0) is 22.6. The Labute approximate surface area is 183 Å². The molecule has 166 valence electrons. The maximum absolute atomic E-state index is 12.9. The normalized spacial score (nSPS) is 15.8. The third-order valence-electron chi connectivity index (χ3n) is 5.44. The van der Waals surface area contributed by atoms with Crippen molar-refractivity contribution >= 4 is 27.6 Å². The summed E-state index contributed by atoms with van der Waals surface area (Å²) in [5.41, 5.74) is 2.24. The van der Waals surface area contributed by atoms with E-state index in [2.05, 4.69) is 5.32 Å². The molecule has 2 aromatic rings. The van der Waals surface area contributed by atoms with Crippen LogP contribution < -0.4 is 5.32 Å². The molecule has 1 heterocycles. The first-order valence-electron chi connectivity index (χ1n) is 10.4. The van der Waals surface area contributed by atoms with Gasteiger partial charge in [-0.15, -0.1) is 0 Å². The Hall–Kier alpha value is -2.71. The second-order valence-electron chi connectivity index (χ2n) is 7.79. The molecule has 0 spiro atoms. The van der Waals surface area contributed by atoms with Crippen LogP contribution in [0.2, 0.25) is 0 Å². The maximum Gasteiger partial charge on any atom is 0.339 e. The average Bonchev–Trinajstić information content (AvgIpc) is 2.76. The van der Waals surface area contributed by atoms with Gasteiger partial charge in [0.15, 0.2) is 6.10 Å². The summed E-state index contributed by atoms with van der Waals surface area (Å²) in [5.74, 6) is -1.20. The second kappa shape index (κ2) is 9.62. The van der Waals surface area contributed by atoms with Gasteiger partial charge in [-0.05, 0) is 62.9 Å². The van der Waals surface area contributed by atoms with E-state index >= 15 is 0 Å². The Morgan fingerprint density at radius 1 is 1.00 bits per heavy atom. The molecule has 1 N–H and O–H groups in total. The number of carbonyl (C=O) groups excluding carboxylic acids is 2. The van der Waals surface area contributed by atoms with Gasteiger partial charge in [-0.25, -0.2) is 13.2 Å². The summed E-state index contributed by atoms with van der Waals surface area (Å²) in [6.45, 7) is 6.00. The lowest BCUT2D eigenvalue weighted by Crippen LogP contribution is -2.35. The number of nitrogens with zero attached hydrogens (tertiary/aromatic N) is 1. The van der Waals surface area contributed by atoms with Gasteiger partial charge in [0, 0.05) is 18.8 Å². The first-order valence-corrected chi connectivity index (χ1v) is 11.8. The van der Waals surface area contributed by atoms with E-state index in [1.807, 2.05) is 19.1 Å². The monoisotopic (exact) mass is 444 g/mol. The van der Waals surface area contributed by atoms with Crippen molar-refractivity contribution in [2.75, 3.05) is 18.4 Å². The molecule has 1 amide bonds. The number of hydrogen-bond donors (Lipinski definition) is 1. The van der Waals surface area contributed by atoms with E-state index in [0.29, 0.717) is 24.3 Å². The van der Waals surface area contributed by atoms with Crippen molar-refractivity contribution in [2.24, 2.45) is 0 Å². The highest BCUT2D eigenvalue weighted by Gasteiger charge is 2.28. The number of hydrogen-bond acceptors (Lipinski definition) is 5. The fourth-order valence-electron chi connectivity index (χ4n) is 3.46. The van der Waals surface area contributed by atoms with Crippen molar-refractivity contribution in [3.8, 4) is 0 Å². The lowest BCUT2D eigenvalue weighted by atomic mass is 10.1. The molecule has 31 heavy (non-hydrogen) atoms. The second-order valence-corrected chi connectivity index (χ2v) is 9.73. The van der Waals surface area contributed by atoms with Crippen molar-refractivity contribution in [3.63, 3.8) is 0 Å². The van der Waals surface area contributed by atoms with Gasteiger partial charge in [0.2, 0.25) is 10.0 Å². The predicted octanol–water partition coefficient (Wildman–Crippen LogP) is 3.66. The topological polar surface area (TPSA) is 92.8 Å². The first-order chi connectivity index (χ1) is 14.7. The van der Waals surface area contributed by atoms with Crippen LogP contribution in [0.1, 0.15) is 47.7 Å². The molecule has 7 nitrogen and oxygen atoms in total. The number of para-hydroxylation sites is 1. The number of ether oxygens (including phenoxy) is 1. The Morgan fingerprint density at radius 2 is 1.68 bits per heavy atom. The average molecular weight is 445 g/mol. The summed E-state index contributed by atoms with van der Waals surface area (Å²) >= 11 is 0. The summed E-state index contributed by atoms with van der Waals surface area (Å²) < 4.78 is 32.7. The fraction of sp³-hybridized carbons (Fsp3) is 0.391. The summed E-state index contributed by atoms with van der Waals surface area (Å²) in [6.07, 6.45) is 1.62. The minimum absolute atomic E-state index is 0.0592. The highest BCUT2D eigenvalue weighted by Crippen LogP contribution is 2.23. The van der Waals surface area contributed by atoms with Crippen molar-refractivity contribution in [2.45, 2.75) is 51.0 Å². The van der Waals surface area contributed by atoms with Gasteiger partial charge in [-0.1, -0.05) is 30.7 Å². The molecule has 0 bridgehead atoms. The Bertz CT molecular complexity index is 1080. The van der Waals surface area contributed by atoms with Gasteiger partial charge in [0.1, 0.15) is 0 Å². The number of rotatable bonds is 6. The lowest BCUT2D eigenvalue weighted by Gasteiger charge is -2.26. The van der Waals surface area contributed by atoms with Crippen LogP contribution in [0.5, 0.6) is 0 Å². The van der Waals surface area contributed by atoms with E-state index in [0.717, 1.165) is 24.8 Å². The number of benzene rings is 2. The smallest absolute Gasteiger partial charge is 0.339 e. The molecule has 0 radical (unpaired) electrons. The van der Waals surface area contributed by atoms with Gasteiger partial charge in [-0.3, -0.25) is 4.79 Å². The highest BCUT2D eigenvalue weighted by molar-refractivity contribution is 7.89. The number of anilines is 1. The van der Waals surface area contributed by atoms with Crippen LogP contribution in [-0.4, -0.2) is 43.8 Å². The molecule has 1 atom stereocenters. The van der Waals surface area contributed by atoms with Gasteiger partial charge in [-0.2, -0.15) is 4.31 Å². The van der Waals surface area contributed by atoms with Gasteiger partial charge in [0.05, 0.1) is 10.5 Å². The van der Waals surface area contributed by atoms with Crippen molar-refractivity contribution in [3.05, 3.63) is 59.2 Å².